The number of hydrogen-bond acceptors (Lipinski definition) is 4. The minimum atomic E-state index is -0.792. The molecule has 1 fully saturated rings. The van der Waals surface area contributed by atoms with Crippen molar-refractivity contribution in [3.63, 3.8) is 0 Å². The number of nitrogens with zero attached hydrogens (tertiary/aromatic N) is 2. The van der Waals surface area contributed by atoms with Crippen LogP contribution in [0.15, 0.2) is 12.1 Å². The minimum absolute atomic E-state index is 0.0782. The zero-order valence-corrected chi connectivity index (χ0v) is 13.0. The van der Waals surface area contributed by atoms with E-state index in [9.17, 15) is 9.00 Å². The first-order valence-electron chi connectivity index (χ1n) is 6.66. The van der Waals surface area contributed by atoms with Crippen LogP contribution < -0.4 is 5.32 Å². The predicted molar refractivity (Wildman–Crippen MR) is 81.8 cm³/mol. The number of aromatic nitrogens is 1. The smallest absolute Gasteiger partial charge is 0.254 e. The maximum Gasteiger partial charge on any atom is 0.254 e. The van der Waals surface area contributed by atoms with Gasteiger partial charge in [0.2, 0.25) is 0 Å². The van der Waals surface area contributed by atoms with E-state index in [-0.39, 0.29) is 5.91 Å². The molecule has 0 radical (unpaired) electrons. The molecule has 20 heavy (non-hydrogen) atoms. The van der Waals surface area contributed by atoms with Crippen molar-refractivity contribution in [3.8, 4) is 0 Å². The highest BCUT2D eigenvalue weighted by Gasteiger charge is 2.22. The molecule has 0 aromatic carbocycles. The average molecular weight is 316 g/mol. The Bertz CT molecular complexity index is 514. The third-order valence-electron chi connectivity index (χ3n) is 3.06. The molecule has 110 valence electrons. The number of hydrogen-bond donors (Lipinski definition) is 1. The first kappa shape index (κ1) is 15.3. The first-order chi connectivity index (χ1) is 9.60. The summed E-state index contributed by atoms with van der Waals surface area (Å²) in [6, 6.07) is 3.29. The van der Waals surface area contributed by atoms with Crippen LogP contribution in [0.1, 0.15) is 23.7 Å². The van der Waals surface area contributed by atoms with Crippen LogP contribution in [0.3, 0.4) is 0 Å². The molecule has 1 aliphatic heterocycles. The number of amides is 1. The van der Waals surface area contributed by atoms with Crippen molar-refractivity contribution in [2.45, 2.75) is 13.3 Å². The van der Waals surface area contributed by atoms with Gasteiger partial charge in [0.25, 0.3) is 5.91 Å². The van der Waals surface area contributed by atoms with Gasteiger partial charge in [0.05, 0.1) is 0 Å². The van der Waals surface area contributed by atoms with Crippen LogP contribution in [0, 0.1) is 0 Å². The average Bonchev–Trinajstić information content (AvgIpc) is 2.44. The molecule has 0 unspecified atom stereocenters. The largest absolute Gasteiger partial charge is 0.370 e. The van der Waals surface area contributed by atoms with Gasteiger partial charge in [-0.1, -0.05) is 18.5 Å². The second-order valence-electron chi connectivity index (χ2n) is 4.63. The second-order valence-corrected chi connectivity index (χ2v) is 6.71. The minimum Gasteiger partial charge on any atom is -0.370 e. The number of rotatable bonds is 4. The first-order valence-corrected chi connectivity index (χ1v) is 8.52. The molecule has 0 atom stereocenters. The Kier molecular flexibility index (Phi) is 5.37. The monoisotopic (exact) mass is 315 g/mol. The molecule has 0 spiro atoms. The molecule has 2 rings (SSSR count). The quantitative estimate of drug-likeness (QED) is 0.860. The van der Waals surface area contributed by atoms with Crippen LogP contribution in [0.2, 0.25) is 5.15 Å². The maximum atomic E-state index is 12.4. The van der Waals surface area contributed by atoms with Gasteiger partial charge in [-0.2, -0.15) is 0 Å². The highest BCUT2D eigenvalue weighted by molar-refractivity contribution is 7.85. The molecule has 7 heteroatoms. The van der Waals surface area contributed by atoms with E-state index in [0.717, 1.165) is 13.0 Å². The Balaban J connectivity index is 2.12. The van der Waals surface area contributed by atoms with Crippen LogP contribution in [-0.4, -0.2) is 51.1 Å². The molecule has 0 aliphatic carbocycles. The predicted octanol–water partition coefficient (Wildman–Crippen LogP) is 1.76. The van der Waals surface area contributed by atoms with Gasteiger partial charge in [0, 0.05) is 47.5 Å². The normalized spacial score (nSPS) is 16.2. The molecule has 0 bridgehead atoms. The molecular weight excluding hydrogens is 298 g/mol. The highest BCUT2D eigenvalue weighted by Crippen LogP contribution is 2.17. The van der Waals surface area contributed by atoms with Crippen molar-refractivity contribution in [2.75, 3.05) is 36.5 Å². The van der Waals surface area contributed by atoms with E-state index in [1.165, 1.54) is 0 Å². The Morgan fingerprint density at radius 1 is 1.45 bits per heavy atom. The van der Waals surface area contributed by atoms with E-state index >= 15 is 0 Å². The lowest BCUT2D eigenvalue weighted by atomic mass is 10.2. The summed E-state index contributed by atoms with van der Waals surface area (Å²) in [5.74, 6) is 1.63. The van der Waals surface area contributed by atoms with Gasteiger partial charge in [-0.3, -0.25) is 9.00 Å². The van der Waals surface area contributed by atoms with Crippen molar-refractivity contribution in [2.24, 2.45) is 0 Å². The number of carbonyl (C=O) groups is 1. The van der Waals surface area contributed by atoms with Gasteiger partial charge >= 0.3 is 0 Å². The van der Waals surface area contributed by atoms with Crippen LogP contribution in [-0.2, 0) is 10.8 Å². The van der Waals surface area contributed by atoms with Crippen molar-refractivity contribution >= 4 is 34.1 Å². The number of halogens is 1. The SMILES string of the molecule is CCCNc1cc(C(=O)N2CCS(=O)CC2)cc(Cl)n1. The van der Waals surface area contributed by atoms with Gasteiger partial charge in [-0.05, 0) is 18.6 Å². The number of anilines is 1. The van der Waals surface area contributed by atoms with Crippen LogP contribution >= 0.6 is 11.6 Å². The van der Waals surface area contributed by atoms with Crippen LogP contribution in [0.5, 0.6) is 0 Å². The van der Waals surface area contributed by atoms with Crippen molar-refractivity contribution in [1.82, 2.24) is 9.88 Å². The van der Waals surface area contributed by atoms with Gasteiger partial charge < -0.3 is 10.2 Å². The van der Waals surface area contributed by atoms with Crippen molar-refractivity contribution in [3.05, 3.63) is 22.8 Å². The standard InChI is InChI=1S/C13H18ClN3O2S/c1-2-3-15-12-9-10(8-11(14)16-12)13(18)17-4-6-20(19)7-5-17/h8-9H,2-7H2,1H3,(H,15,16). The zero-order chi connectivity index (χ0) is 14.5. The third-order valence-corrected chi connectivity index (χ3v) is 4.53. The number of nitrogens with one attached hydrogen (secondary N) is 1. The maximum absolute atomic E-state index is 12.4. The van der Waals surface area contributed by atoms with E-state index in [1.807, 2.05) is 0 Å². The highest BCUT2D eigenvalue weighted by atomic mass is 35.5. The molecule has 1 aliphatic rings. The van der Waals surface area contributed by atoms with E-state index < -0.39 is 10.8 Å². The van der Waals surface area contributed by atoms with Gasteiger partial charge in [-0.25, -0.2) is 4.98 Å². The summed E-state index contributed by atoms with van der Waals surface area (Å²) >= 11 is 5.96. The van der Waals surface area contributed by atoms with E-state index in [0.29, 0.717) is 41.1 Å². The van der Waals surface area contributed by atoms with E-state index in [1.54, 1.807) is 17.0 Å². The fourth-order valence-electron chi connectivity index (χ4n) is 1.99. The summed E-state index contributed by atoms with van der Waals surface area (Å²) in [4.78, 5) is 18.3. The third kappa shape index (κ3) is 3.93. The molecule has 1 aromatic rings. The molecule has 5 nitrogen and oxygen atoms in total. The molecule has 1 aromatic heterocycles. The van der Waals surface area contributed by atoms with E-state index in [4.69, 9.17) is 11.6 Å². The molecule has 1 saturated heterocycles. The molecular formula is C13H18ClN3O2S. The van der Waals surface area contributed by atoms with Crippen molar-refractivity contribution in [1.29, 1.82) is 0 Å². The van der Waals surface area contributed by atoms with Gasteiger partial charge in [0.15, 0.2) is 0 Å². The molecule has 1 amide bonds. The molecule has 1 N–H and O–H groups in total. The summed E-state index contributed by atoms with van der Waals surface area (Å²) in [5.41, 5.74) is 0.524. The Labute approximate surface area is 126 Å². The Morgan fingerprint density at radius 2 is 2.15 bits per heavy atom. The summed E-state index contributed by atoms with van der Waals surface area (Å²) in [6.07, 6.45) is 0.968. The number of carbonyl (C=O) groups excluding carboxylic acids is 1. The Hall–Kier alpha value is -1.14. The number of pyridine rings is 1. The lowest BCUT2D eigenvalue weighted by Gasteiger charge is -2.26. The lowest BCUT2D eigenvalue weighted by Crippen LogP contribution is -2.41. The second kappa shape index (κ2) is 7.04. The van der Waals surface area contributed by atoms with Gasteiger partial charge in [-0.15, -0.1) is 0 Å². The fraction of sp³-hybridized carbons (Fsp3) is 0.538. The zero-order valence-electron chi connectivity index (χ0n) is 11.4. The lowest BCUT2D eigenvalue weighted by molar-refractivity contribution is 0.0771. The summed E-state index contributed by atoms with van der Waals surface area (Å²) in [7, 11) is -0.792. The summed E-state index contributed by atoms with van der Waals surface area (Å²) in [6.45, 7) is 3.90. The van der Waals surface area contributed by atoms with Gasteiger partial charge in [0.1, 0.15) is 11.0 Å². The topological polar surface area (TPSA) is 62.3 Å². The molecule has 0 saturated carbocycles. The Morgan fingerprint density at radius 3 is 2.80 bits per heavy atom. The van der Waals surface area contributed by atoms with Crippen molar-refractivity contribution < 1.29 is 9.00 Å². The summed E-state index contributed by atoms with van der Waals surface area (Å²) < 4.78 is 11.3. The molecule has 2 heterocycles. The van der Waals surface area contributed by atoms with E-state index in [2.05, 4.69) is 17.2 Å². The van der Waals surface area contributed by atoms with Crippen LogP contribution in [0.25, 0.3) is 0 Å². The fourth-order valence-corrected chi connectivity index (χ4v) is 3.25. The summed E-state index contributed by atoms with van der Waals surface area (Å²) in [5, 5.41) is 3.43. The van der Waals surface area contributed by atoms with Crippen LogP contribution in [0.4, 0.5) is 5.82 Å².